The van der Waals surface area contributed by atoms with Crippen LogP contribution >= 0.6 is 11.6 Å². The van der Waals surface area contributed by atoms with Crippen LogP contribution < -0.4 is 5.32 Å². The summed E-state index contributed by atoms with van der Waals surface area (Å²) in [6, 6.07) is 8.19. The minimum atomic E-state index is -0.269. The number of rotatable bonds is 4. The third-order valence-electron chi connectivity index (χ3n) is 3.69. The van der Waals surface area contributed by atoms with Crippen LogP contribution in [0.15, 0.2) is 24.3 Å². The molecule has 2 rings (SSSR count). The topological polar surface area (TPSA) is 35.5 Å². The second-order valence-corrected chi connectivity index (χ2v) is 5.76. The summed E-state index contributed by atoms with van der Waals surface area (Å²) in [6.45, 7) is 6.36. The number of likely N-dealkylation sites (tertiary alicyclic amines) is 1. The molecule has 1 aliphatic heterocycles. The Morgan fingerprint density at radius 2 is 2.17 bits per heavy atom. The normalized spacial score (nSPS) is 24.7. The van der Waals surface area contributed by atoms with E-state index in [1.54, 1.807) is 0 Å². The zero-order chi connectivity index (χ0) is 13.2. The third kappa shape index (κ3) is 2.79. The minimum Gasteiger partial charge on any atom is -0.394 e. The Bertz CT molecular complexity index is 411. The molecule has 0 radical (unpaired) electrons. The maximum Gasteiger partial charge on any atom is 0.0743 e. The number of anilines is 1. The van der Waals surface area contributed by atoms with Crippen molar-refractivity contribution in [3.63, 3.8) is 0 Å². The molecule has 0 amide bonds. The van der Waals surface area contributed by atoms with Gasteiger partial charge in [0, 0.05) is 19.1 Å². The van der Waals surface area contributed by atoms with E-state index in [-0.39, 0.29) is 12.1 Å². The van der Waals surface area contributed by atoms with Crippen molar-refractivity contribution < 1.29 is 5.11 Å². The van der Waals surface area contributed by atoms with Gasteiger partial charge in [0.25, 0.3) is 0 Å². The molecular formula is C14H21ClN2O. The standard InChI is InChI=1S/C14H21ClN2O/c1-11(2)17-8-7-14(9-17,10-18)16-13-6-4-3-5-12(13)15/h3-6,11,16,18H,7-10H2,1-2H3. The molecule has 1 aromatic carbocycles. The van der Waals surface area contributed by atoms with Gasteiger partial charge in [0.2, 0.25) is 0 Å². The van der Waals surface area contributed by atoms with E-state index in [9.17, 15) is 5.11 Å². The van der Waals surface area contributed by atoms with Crippen LogP contribution in [0.1, 0.15) is 20.3 Å². The van der Waals surface area contributed by atoms with E-state index < -0.39 is 0 Å². The van der Waals surface area contributed by atoms with Crippen LogP contribution in [0.4, 0.5) is 5.69 Å². The van der Waals surface area contributed by atoms with Crippen LogP contribution in [0.2, 0.25) is 5.02 Å². The fourth-order valence-electron chi connectivity index (χ4n) is 2.46. The molecular weight excluding hydrogens is 248 g/mol. The fourth-order valence-corrected chi connectivity index (χ4v) is 2.65. The largest absolute Gasteiger partial charge is 0.394 e. The highest BCUT2D eigenvalue weighted by Gasteiger charge is 2.38. The predicted molar refractivity (Wildman–Crippen MR) is 76.2 cm³/mol. The van der Waals surface area contributed by atoms with Crippen LogP contribution in [0, 0.1) is 0 Å². The van der Waals surface area contributed by atoms with Crippen molar-refractivity contribution in [1.82, 2.24) is 4.90 Å². The molecule has 1 aliphatic rings. The van der Waals surface area contributed by atoms with Crippen LogP contribution in [0.5, 0.6) is 0 Å². The van der Waals surface area contributed by atoms with Crippen LogP contribution in [-0.4, -0.2) is 41.3 Å². The van der Waals surface area contributed by atoms with Crippen molar-refractivity contribution in [3.05, 3.63) is 29.3 Å². The molecule has 4 heteroatoms. The van der Waals surface area contributed by atoms with Gasteiger partial charge in [-0.2, -0.15) is 0 Å². The first-order valence-electron chi connectivity index (χ1n) is 6.44. The van der Waals surface area contributed by atoms with Crippen LogP contribution in [0.25, 0.3) is 0 Å². The number of aliphatic hydroxyl groups excluding tert-OH is 1. The lowest BCUT2D eigenvalue weighted by atomic mass is 9.99. The molecule has 0 bridgehead atoms. The highest BCUT2D eigenvalue weighted by atomic mass is 35.5. The first kappa shape index (κ1) is 13.7. The van der Waals surface area contributed by atoms with Gasteiger partial charge >= 0.3 is 0 Å². The number of hydrogen-bond acceptors (Lipinski definition) is 3. The molecule has 2 N–H and O–H groups in total. The van der Waals surface area contributed by atoms with Crippen LogP contribution in [0.3, 0.4) is 0 Å². The average Bonchev–Trinajstić information content (AvgIpc) is 2.77. The molecule has 1 unspecified atom stereocenters. The molecule has 0 spiro atoms. The van der Waals surface area contributed by atoms with Gasteiger partial charge < -0.3 is 10.4 Å². The molecule has 1 saturated heterocycles. The van der Waals surface area contributed by atoms with Crippen molar-refractivity contribution in [2.24, 2.45) is 0 Å². The summed E-state index contributed by atoms with van der Waals surface area (Å²) in [7, 11) is 0. The molecule has 3 nitrogen and oxygen atoms in total. The Morgan fingerprint density at radius 1 is 1.44 bits per heavy atom. The number of aliphatic hydroxyl groups is 1. The molecule has 0 saturated carbocycles. The van der Waals surface area contributed by atoms with E-state index in [0.29, 0.717) is 11.1 Å². The summed E-state index contributed by atoms with van der Waals surface area (Å²) in [4.78, 5) is 2.38. The smallest absolute Gasteiger partial charge is 0.0743 e. The molecule has 0 aromatic heterocycles. The first-order valence-corrected chi connectivity index (χ1v) is 6.82. The van der Waals surface area contributed by atoms with Gasteiger partial charge in [-0.1, -0.05) is 23.7 Å². The number of hydrogen-bond donors (Lipinski definition) is 2. The summed E-state index contributed by atoms with van der Waals surface area (Å²) in [5.41, 5.74) is 0.633. The van der Waals surface area contributed by atoms with E-state index in [1.165, 1.54) is 0 Å². The zero-order valence-electron chi connectivity index (χ0n) is 11.0. The van der Waals surface area contributed by atoms with Gasteiger partial charge in [-0.15, -0.1) is 0 Å². The third-order valence-corrected chi connectivity index (χ3v) is 4.02. The van der Waals surface area contributed by atoms with Crippen molar-refractivity contribution in [3.8, 4) is 0 Å². The van der Waals surface area contributed by atoms with Crippen molar-refractivity contribution >= 4 is 17.3 Å². The van der Waals surface area contributed by atoms with E-state index >= 15 is 0 Å². The van der Waals surface area contributed by atoms with Crippen LogP contribution in [-0.2, 0) is 0 Å². The van der Waals surface area contributed by atoms with E-state index in [2.05, 4.69) is 24.1 Å². The Kier molecular flexibility index (Phi) is 4.15. The van der Waals surface area contributed by atoms with Gasteiger partial charge in [0.05, 0.1) is 22.9 Å². The SMILES string of the molecule is CC(C)N1CCC(CO)(Nc2ccccc2Cl)C1. The minimum absolute atomic E-state index is 0.126. The first-order chi connectivity index (χ1) is 8.56. The number of nitrogens with one attached hydrogen (secondary N) is 1. The van der Waals surface area contributed by atoms with E-state index in [1.807, 2.05) is 24.3 Å². The molecule has 1 fully saturated rings. The lowest BCUT2D eigenvalue weighted by Gasteiger charge is -2.31. The molecule has 1 heterocycles. The molecule has 1 atom stereocenters. The van der Waals surface area contributed by atoms with Gasteiger partial charge in [-0.25, -0.2) is 0 Å². The fraction of sp³-hybridized carbons (Fsp3) is 0.571. The quantitative estimate of drug-likeness (QED) is 0.881. The lowest BCUT2D eigenvalue weighted by molar-refractivity contribution is 0.196. The predicted octanol–water partition coefficient (Wildman–Crippen LogP) is 2.60. The van der Waals surface area contributed by atoms with Gasteiger partial charge in [0.15, 0.2) is 0 Å². The summed E-state index contributed by atoms with van der Waals surface area (Å²) >= 11 is 6.16. The maximum atomic E-state index is 9.74. The van der Waals surface area contributed by atoms with Gasteiger partial charge in [-0.3, -0.25) is 4.90 Å². The van der Waals surface area contributed by atoms with E-state index in [0.717, 1.165) is 25.2 Å². The van der Waals surface area contributed by atoms with E-state index in [4.69, 9.17) is 11.6 Å². The number of benzene rings is 1. The molecule has 18 heavy (non-hydrogen) atoms. The molecule has 100 valence electrons. The van der Waals surface area contributed by atoms with Gasteiger partial charge in [-0.05, 0) is 32.4 Å². The maximum absolute atomic E-state index is 9.74. The number of halogens is 1. The second kappa shape index (κ2) is 5.47. The van der Waals surface area contributed by atoms with Crippen molar-refractivity contribution in [2.45, 2.75) is 31.8 Å². The summed E-state index contributed by atoms with van der Waals surface area (Å²) < 4.78 is 0. The van der Waals surface area contributed by atoms with Gasteiger partial charge in [0.1, 0.15) is 0 Å². The Balaban J connectivity index is 2.13. The van der Waals surface area contributed by atoms with Crippen molar-refractivity contribution in [1.29, 1.82) is 0 Å². The summed E-state index contributed by atoms with van der Waals surface area (Å²) in [5.74, 6) is 0. The lowest BCUT2D eigenvalue weighted by Crippen LogP contribution is -2.45. The summed E-state index contributed by atoms with van der Waals surface area (Å²) in [6.07, 6.45) is 0.937. The Morgan fingerprint density at radius 3 is 2.72 bits per heavy atom. The monoisotopic (exact) mass is 268 g/mol. The highest BCUT2D eigenvalue weighted by Crippen LogP contribution is 2.30. The summed E-state index contributed by atoms with van der Waals surface area (Å²) in [5, 5.41) is 13.9. The van der Waals surface area contributed by atoms with Crippen molar-refractivity contribution in [2.75, 3.05) is 25.0 Å². The Hall–Kier alpha value is -0.770. The molecule has 0 aliphatic carbocycles. The average molecular weight is 269 g/mol. The Labute approximate surface area is 114 Å². The number of para-hydroxylation sites is 1. The zero-order valence-corrected chi connectivity index (χ0v) is 11.7. The molecule has 1 aromatic rings. The second-order valence-electron chi connectivity index (χ2n) is 5.36. The number of nitrogens with zero attached hydrogens (tertiary/aromatic N) is 1. The highest BCUT2D eigenvalue weighted by molar-refractivity contribution is 6.33.